The van der Waals surface area contributed by atoms with E-state index in [1.807, 2.05) is 26.8 Å². The molecule has 78 valence electrons. The standard InChI is InChI=1S/C12H16F2/c1-9(2)8-12(13,14)11-6-4-5-10(3)7-11/h4-7,9H,8H2,1-3H3. The van der Waals surface area contributed by atoms with E-state index in [9.17, 15) is 8.78 Å². The Morgan fingerprint density at radius 3 is 2.43 bits per heavy atom. The lowest BCUT2D eigenvalue weighted by atomic mass is 9.97. The number of rotatable bonds is 3. The largest absolute Gasteiger partial charge is 0.273 e. The lowest BCUT2D eigenvalue weighted by Gasteiger charge is -2.19. The summed E-state index contributed by atoms with van der Waals surface area (Å²) in [5.74, 6) is -2.69. The Morgan fingerprint density at radius 2 is 1.93 bits per heavy atom. The van der Waals surface area contributed by atoms with Crippen molar-refractivity contribution in [3.8, 4) is 0 Å². The molecule has 0 N–H and O–H groups in total. The van der Waals surface area contributed by atoms with Gasteiger partial charge in [-0.25, -0.2) is 8.78 Å². The third-order valence-corrected chi connectivity index (χ3v) is 2.11. The van der Waals surface area contributed by atoms with Gasteiger partial charge in [0.15, 0.2) is 0 Å². The van der Waals surface area contributed by atoms with Crippen LogP contribution in [0.25, 0.3) is 0 Å². The first kappa shape index (κ1) is 11.2. The zero-order valence-corrected chi connectivity index (χ0v) is 8.85. The van der Waals surface area contributed by atoms with E-state index in [1.165, 1.54) is 6.07 Å². The molecule has 0 fully saturated rings. The second-order valence-electron chi connectivity index (χ2n) is 4.17. The van der Waals surface area contributed by atoms with Crippen molar-refractivity contribution in [2.24, 2.45) is 5.92 Å². The third-order valence-electron chi connectivity index (χ3n) is 2.11. The van der Waals surface area contributed by atoms with Gasteiger partial charge >= 0.3 is 0 Å². The molecule has 0 aromatic heterocycles. The number of benzene rings is 1. The predicted octanol–water partition coefficient (Wildman–Crippen LogP) is 4.13. The highest BCUT2D eigenvalue weighted by Crippen LogP contribution is 2.34. The van der Waals surface area contributed by atoms with Gasteiger partial charge in [-0.1, -0.05) is 43.7 Å². The summed E-state index contributed by atoms with van der Waals surface area (Å²) < 4.78 is 27.2. The van der Waals surface area contributed by atoms with E-state index < -0.39 is 5.92 Å². The molecule has 0 bridgehead atoms. The van der Waals surface area contributed by atoms with Crippen molar-refractivity contribution in [2.75, 3.05) is 0 Å². The summed E-state index contributed by atoms with van der Waals surface area (Å²) in [6.45, 7) is 5.45. The fourth-order valence-electron chi connectivity index (χ4n) is 1.50. The van der Waals surface area contributed by atoms with Gasteiger partial charge in [0.1, 0.15) is 0 Å². The van der Waals surface area contributed by atoms with Crippen molar-refractivity contribution in [3.63, 3.8) is 0 Å². The molecule has 0 aliphatic heterocycles. The van der Waals surface area contributed by atoms with Gasteiger partial charge in [-0.15, -0.1) is 0 Å². The second-order valence-corrected chi connectivity index (χ2v) is 4.17. The van der Waals surface area contributed by atoms with E-state index in [0.29, 0.717) is 0 Å². The van der Waals surface area contributed by atoms with Gasteiger partial charge in [-0.3, -0.25) is 0 Å². The van der Waals surface area contributed by atoms with Gasteiger partial charge in [0.25, 0.3) is 5.92 Å². The minimum absolute atomic E-state index is 0.00510. The average Bonchev–Trinajstić information content (AvgIpc) is 2.01. The van der Waals surface area contributed by atoms with Crippen LogP contribution in [0, 0.1) is 12.8 Å². The predicted molar refractivity (Wildman–Crippen MR) is 54.5 cm³/mol. The average molecular weight is 198 g/mol. The molecule has 14 heavy (non-hydrogen) atoms. The lowest BCUT2D eigenvalue weighted by Crippen LogP contribution is -2.16. The zero-order chi connectivity index (χ0) is 10.8. The zero-order valence-electron chi connectivity index (χ0n) is 8.85. The Labute approximate surface area is 84.0 Å². The molecule has 1 rings (SSSR count). The summed E-state index contributed by atoms with van der Waals surface area (Å²) in [5, 5.41) is 0. The molecule has 2 heteroatoms. The first-order chi connectivity index (χ1) is 6.42. The highest BCUT2D eigenvalue weighted by Gasteiger charge is 2.32. The maximum atomic E-state index is 13.6. The van der Waals surface area contributed by atoms with Gasteiger partial charge in [0, 0.05) is 12.0 Å². The topological polar surface area (TPSA) is 0 Å². The van der Waals surface area contributed by atoms with Crippen LogP contribution in [0.5, 0.6) is 0 Å². The van der Waals surface area contributed by atoms with E-state index >= 15 is 0 Å². The smallest absolute Gasteiger partial charge is 0.201 e. The van der Waals surface area contributed by atoms with Crippen molar-refractivity contribution in [1.82, 2.24) is 0 Å². The molecule has 0 radical (unpaired) electrons. The van der Waals surface area contributed by atoms with Crippen molar-refractivity contribution in [1.29, 1.82) is 0 Å². The fraction of sp³-hybridized carbons (Fsp3) is 0.500. The first-order valence-electron chi connectivity index (χ1n) is 4.87. The minimum Gasteiger partial charge on any atom is -0.201 e. The van der Waals surface area contributed by atoms with Crippen LogP contribution in [0.4, 0.5) is 8.78 Å². The molecule has 0 saturated carbocycles. The van der Waals surface area contributed by atoms with Gasteiger partial charge < -0.3 is 0 Å². The Balaban J connectivity index is 2.91. The van der Waals surface area contributed by atoms with E-state index in [4.69, 9.17) is 0 Å². The molecule has 0 saturated heterocycles. The van der Waals surface area contributed by atoms with Crippen LogP contribution in [-0.2, 0) is 5.92 Å². The maximum absolute atomic E-state index is 13.6. The van der Waals surface area contributed by atoms with Crippen molar-refractivity contribution in [2.45, 2.75) is 33.1 Å². The number of hydrogen-bond donors (Lipinski definition) is 0. The van der Waals surface area contributed by atoms with Crippen LogP contribution >= 0.6 is 0 Å². The molecule has 0 nitrogen and oxygen atoms in total. The second kappa shape index (κ2) is 4.07. The Bertz CT molecular complexity index is 303. The molecule has 0 unspecified atom stereocenters. The molecular weight excluding hydrogens is 182 g/mol. The molecule has 0 spiro atoms. The minimum atomic E-state index is -2.69. The summed E-state index contributed by atoms with van der Waals surface area (Å²) in [7, 11) is 0. The summed E-state index contributed by atoms with van der Waals surface area (Å²) in [6, 6.07) is 6.56. The summed E-state index contributed by atoms with van der Waals surface area (Å²) in [5.41, 5.74) is 1.01. The van der Waals surface area contributed by atoms with E-state index in [1.54, 1.807) is 12.1 Å². The van der Waals surface area contributed by atoms with Crippen molar-refractivity contribution in [3.05, 3.63) is 35.4 Å². The molecule has 0 atom stereocenters. The van der Waals surface area contributed by atoms with Crippen LogP contribution in [0.2, 0.25) is 0 Å². The van der Waals surface area contributed by atoms with Crippen LogP contribution in [0.15, 0.2) is 24.3 Å². The molecular formula is C12H16F2. The van der Waals surface area contributed by atoms with Gasteiger partial charge in [0.05, 0.1) is 0 Å². The van der Waals surface area contributed by atoms with Gasteiger partial charge in [-0.05, 0) is 12.8 Å². The highest BCUT2D eigenvalue weighted by molar-refractivity contribution is 5.25. The molecule has 0 amide bonds. The van der Waals surface area contributed by atoms with Crippen LogP contribution in [0.1, 0.15) is 31.4 Å². The van der Waals surface area contributed by atoms with Crippen LogP contribution in [0.3, 0.4) is 0 Å². The molecule has 1 aromatic rings. The van der Waals surface area contributed by atoms with E-state index in [0.717, 1.165) is 5.56 Å². The van der Waals surface area contributed by atoms with Gasteiger partial charge in [-0.2, -0.15) is 0 Å². The van der Waals surface area contributed by atoms with Crippen LogP contribution in [-0.4, -0.2) is 0 Å². The Kier molecular flexibility index (Phi) is 3.25. The van der Waals surface area contributed by atoms with E-state index in [-0.39, 0.29) is 17.9 Å². The van der Waals surface area contributed by atoms with Crippen molar-refractivity contribution >= 4 is 0 Å². The van der Waals surface area contributed by atoms with Gasteiger partial charge in [0.2, 0.25) is 0 Å². The first-order valence-corrected chi connectivity index (χ1v) is 4.87. The Morgan fingerprint density at radius 1 is 1.29 bits per heavy atom. The number of alkyl halides is 2. The number of hydrogen-bond acceptors (Lipinski definition) is 0. The molecule has 0 aliphatic carbocycles. The van der Waals surface area contributed by atoms with Crippen LogP contribution < -0.4 is 0 Å². The lowest BCUT2D eigenvalue weighted by molar-refractivity contribution is -0.0249. The Hall–Kier alpha value is -0.920. The SMILES string of the molecule is Cc1cccc(C(F)(F)CC(C)C)c1. The monoisotopic (exact) mass is 198 g/mol. The van der Waals surface area contributed by atoms with Crippen molar-refractivity contribution < 1.29 is 8.78 Å². The summed E-state index contributed by atoms with van der Waals surface area (Å²) in [6.07, 6.45) is -0.0869. The summed E-state index contributed by atoms with van der Waals surface area (Å²) >= 11 is 0. The fourth-order valence-corrected chi connectivity index (χ4v) is 1.50. The normalized spacial score (nSPS) is 12.1. The van der Waals surface area contributed by atoms with E-state index in [2.05, 4.69) is 0 Å². The molecule has 0 heterocycles. The molecule has 0 aliphatic rings. The maximum Gasteiger partial charge on any atom is 0.273 e. The summed E-state index contributed by atoms with van der Waals surface area (Å²) in [4.78, 5) is 0. The molecule has 1 aromatic carbocycles. The number of halogens is 2. The number of aryl methyl sites for hydroxylation is 1. The quantitative estimate of drug-likeness (QED) is 0.685. The third kappa shape index (κ3) is 2.79. The highest BCUT2D eigenvalue weighted by atomic mass is 19.3.